The van der Waals surface area contributed by atoms with E-state index in [2.05, 4.69) is 34.8 Å². The first kappa shape index (κ1) is 12.0. The highest BCUT2D eigenvalue weighted by Crippen LogP contribution is 2.18. The molecule has 0 fully saturated rings. The lowest BCUT2D eigenvalue weighted by Crippen LogP contribution is -2.13. The quantitative estimate of drug-likeness (QED) is 0.756. The van der Waals surface area contributed by atoms with E-state index >= 15 is 0 Å². The number of pyridine rings is 1. The minimum absolute atomic E-state index is 0.250. The van der Waals surface area contributed by atoms with Crippen molar-refractivity contribution in [1.29, 1.82) is 0 Å². The summed E-state index contributed by atoms with van der Waals surface area (Å²) in [5.74, 6) is 0.482. The molecule has 0 aliphatic carbocycles. The van der Waals surface area contributed by atoms with Gasteiger partial charge in [0.15, 0.2) is 0 Å². The SMILES string of the molecule is CCC(Cl)C(C)Cc1ccc(Br)cn1. The normalized spacial score (nSPS) is 15.1. The highest BCUT2D eigenvalue weighted by atomic mass is 79.9. The molecule has 0 spiro atoms. The topological polar surface area (TPSA) is 12.9 Å². The molecule has 2 unspecified atom stereocenters. The van der Waals surface area contributed by atoms with Crippen molar-refractivity contribution in [2.75, 3.05) is 0 Å². The van der Waals surface area contributed by atoms with Gasteiger partial charge in [0.1, 0.15) is 0 Å². The zero-order valence-corrected chi connectivity index (χ0v) is 10.8. The Morgan fingerprint density at radius 3 is 2.71 bits per heavy atom. The Hall–Kier alpha value is -0.0800. The van der Waals surface area contributed by atoms with Gasteiger partial charge in [-0.1, -0.05) is 13.8 Å². The minimum Gasteiger partial charge on any atom is -0.260 e. The Balaban J connectivity index is 2.56. The summed E-state index contributed by atoms with van der Waals surface area (Å²) in [6.45, 7) is 4.29. The van der Waals surface area contributed by atoms with Gasteiger partial charge in [0.2, 0.25) is 0 Å². The molecular weight excluding hydrogens is 261 g/mol. The molecule has 1 aromatic rings. The van der Waals surface area contributed by atoms with E-state index in [0.29, 0.717) is 5.92 Å². The third-order valence-electron chi connectivity index (χ3n) is 2.33. The summed E-state index contributed by atoms with van der Waals surface area (Å²) in [6, 6.07) is 4.06. The Kier molecular flexibility index (Phi) is 4.90. The van der Waals surface area contributed by atoms with E-state index in [1.807, 2.05) is 18.3 Å². The van der Waals surface area contributed by atoms with Crippen LogP contribution in [0.15, 0.2) is 22.8 Å². The number of hydrogen-bond donors (Lipinski definition) is 0. The van der Waals surface area contributed by atoms with Gasteiger partial charge >= 0.3 is 0 Å². The lowest BCUT2D eigenvalue weighted by molar-refractivity contribution is 0.525. The van der Waals surface area contributed by atoms with Crippen LogP contribution in [0.5, 0.6) is 0 Å². The van der Waals surface area contributed by atoms with Crippen LogP contribution in [0.25, 0.3) is 0 Å². The average molecular weight is 277 g/mol. The van der Waals surface area contributed by atoms with Crippen LogP contribution in [0.2, 0.25) is 0 Å². The third-order valence-corrected chi connectivity index (χ3v) is 3.54. The van der Waals surface area contributed by atoms with Gasteiger partial charge in [-0.25, -0.2) is 0 Å². The number of nitrogens with zero attached hydrogens (tertiary/aromatic N) is 1. The molecule has 78 valence electrons. The van der Waals surface area contributed by atoms with Crippen molar-refractivity contribution in [1.82, 2.24) is 4.98 Å². The molecule has 14 heavy (non-hydrogen) atoms. The van der Waals surface area contributed by atoms with Crippen molar-refractivity contribution in [3.05, 3.63) is 28.5 Å². The van der Waals surface area contributed by atoms with Gasteiger partial charge in [0, 0.05) is 21.7 Å². The summed E-state index contributed by atoms with van der Waals surface area (Å²) in [6.07, 6.45) is 3.80. The first-order chi connectivity index (χ1) is 6.63. The number of aromatic nitrogens is 1. The maximum Gasteiger partial charge on any atom is 0.0413 e. The molecule has 0 saturated heterocycles. The maximum absolute atomic E-state index is 6.16. The van der Waals surface area contributed by atoms with Crippen LogP contribution in [0.1, 0.15) is 26.0 Å². The van der Waals surface area contributed by atoms with Crippen LogP contribution in [0, 0.1) is 5.92 Å². The van der Waals surface area contributed by atoms with Crippen LogP contribution in [-0.2, 0) is 6.42 Å². The molecule has 1 rings (SSSR count). The van der Waals surface area contributed by atoms with Gasteiger partial charge in [-0.2, -0.15) is 0 Å². The monoisotopic (exact) mass is 275 g/mol. The van der Waals surface area contributed by atoms with Gasteiger partial charge < -0.3 is 0 Å². The fourth-order valence-electron chi connectivity index (χ4n) is 1.39. The van der Waals surface area contributed by atoms with Crippen molar-refractivity contribution in [3.63, 3.8) is 0 Å². The van der Waals surface area contributed by atoms with Gasteiger partial charge in [-0.05, 0) is 46.8 Å². The van der Waals surface area contributed by atoms with Crippen molar-refractivity contribution in [2.45, 2.75) is 32.1 Å². The second kappa shape index (κ2) is 5.72. The zero-order chi connectivity index (χ0) is 10.6. The predicted octanol–water partition coefficient (Wildman–Crippen LogP) is 4.04. The number of halogens is 2. The largest absolute Gasteiger partial charge is 0.260 e. The van der Waals surface area contributed by atoms with Crippen LogP contribution < -0.4 is 0 Å². The molecule has 3 heteroatoms. The molecule has 0 amide bonds. The van der Waals surface area contributed by atoms with Gasteiger partial charge in [0.05, 0.1) is 0 Å². The second-order valence-corrected chi connectivity index (χ2v) is 5.05. The molecule has 0 bridgehead atoms. The molecule has 1 heterocycles. The molecule has 0 saturated carbocycles. The molecule has 2 atom stereocenters. The molecule has 1 nitrogen and oxygen atoms in total. The Morgan fingerprint density at radius 2 is 2.21 bits per heavy atom. The van der Waals surface area contributed by atoms with E-state index in [-0.39, 0.29) is 5.38 Å². The number of alkyl halides is 1. The van der Waals surface area contributed by atoms with E-state index in [9.17, 15) is 0 Å². The predicted molar refractivity (Wildman–Crippen MR) is 64.7 cm³/mol. The maximum atomic E-state index is 6.16. The molecule has 0 aromatic carbocycles. The minimum atomic E-state index is 0.250. The summed E-state index contributed by atoms with van der Waals surface area (Å²) >= 11 is 9.53. The van der Waals surface area contributed by atoms with E-state index < -0.39 is 0 Å². The summed E-state index contributed by atoms with van der Waals surface area (Å²) in [7, 11) is 0. The van der Waals surface area contributed by atoms with Crippen LogP contribution in [0.3, 0.4) is 0 Å². The molecule has 0 aliphatic rings. The van der Waals surface area contributed by atoms with Gasteiger partial charge in [0.25, 0.3) is 0 Å². The van der Waals surface area contributed by atoms with E-state index in [1.165, 1.54) is 0 Å². The van der Waals surface area contributed by atoms with Crippen molar-refractivity contribution in [2.24, 2.45) is 5.92 Å². The zero-order valence-electron chi connectivity index (χ0n) is 8.50. The summed E-state index contributed by atoms with van der Waals surface area (Å²) in [4.78, 5) is 4.33. The second-order valence-electron chi connectivity index (χ2n) is 3.57. The fraction of sp³-hybridized carbons (Fsp3) is 0.545. The van der Waals surface area contributed by atoms with E-state index in [4.69, 9.17) is 11.6 Å². The number of hydrogen-bond acceptors (Lipinski definition) is 1. The molecule has 1 aromatic heterocycles. The van der Waals surface area contributed by atoms with Crippen molar-refractivity contribution < 1.29 is 0 Å². The molecule has 0 aliphatic heterocycles. The summed E-state index contributed by atoms with van der Waals surface area (Å²) < 4.78 is 1.02. The average Bonchev–Trinajstić information content (AvgIpc) is 2.20. The van der Waals surface area contributed by atoms with Gasteiger partial charge in [-0.15, -0.1) is 11.6 Å². The standard InChI is InChI=1S/C11H15BrClN/c1-3-11(13)8(2)6-10-5-4-9(12)7-14-10/h4-5,7-8,11H,3,6H2,1-2H3. The summed E-state index contributed by atoms with van der Waals surface area (Å²) in [5, 5.41) is 0.250. The van der Waals surface area contributed by atoms with Crippen molar-refractivity contribution in [3.8, 4) is 0 Å². The Bertz CT molecular complexity index is 273. The van der Waals surface area contributed by atoms with Gasteiger partial charge in [-0.3, -0.25) is 4.98 Å². The highest BCUT2D eigenvalue weighted by molar-refractivity contribution is 9.10. The third kappa shape index (κ3) is 3.58. The summed E-state index contributed by atoms with van der Waals surface area (Å²) in [5.41, 5.74) is 1.11. The first-order valence-corrected chi connectivity index (χ1v) is 6.11. The van der Waals surface area contributed by atoms with Crippen LogP contribution in [0.4, 0.5) is 0 Å². The van der Waals surface area contributed by atoms with E-state index in [0.717, 1.165) is 23.0 Å². The van der Waals surface area contributed by atoms with Crippen molar-refractivity contribution >= 4 is 27.5 Å². The fourth-order valence-corrected chi connectivity index (χ4v) is 1.71. The molecule has 0 N–H and O–H groups in total. The Morgan fingerprint density at radius 1 is 1.50 bits per heavy atom. The molecule has 0 radical (unpaired) electrons. The molecular formula is C11H15BrClN. The van der Waals surface area contributed by atoms with E-state index in [1.54, 1.807) is 0 Å². The highest BCUT2D eigenvalue weighted by Gasteiger charge is 2.13. The number of rotatable bonds is 4. The smallest absolute Gasteiger partial charge is 0.0413 e. The Labute approximate surface area is 99.0 Å². The lowest BCUT2D eigenvalue weighted by Gasteiger charge is -2.15. The first-order valence-electron chi connectivity index (χ1n) is 4.88. The lowest BCUT2D eigenvalue weighted by atomic mass is 9.99. The van der Waals surface area contributed by atoms with Crippen LogP contribution in [-0.4, -0.2) is 10.4 Å². The van der Waals surface area contributed by atoms with Crippen LogP contribution >= 0.6 is 27.5 Å².